The monoisotopic (exact) mass is 509 g/mol. The lowest BCUT2D eigenvalue weighted by molar-refractivity contribution is -0.229. The van der Waals surface area contributed by atoms with Crippen molar-refractivity contribution < 1.29 is 19.2 Å². The summed E-state index contributed by atoms with van der Waals surface area (Å²) in [5.41, 5.74) is 2.48. The number of hydroxylamine groups is 2. The molecule has 2 saturated heterocycles. The van der Waals surface area contributed by atoms with Crippen molar-refractivity contribution >= 4 is 33.6 Å². The summed E-state index contributed by atoms with van der Waals surface area (Å²) in [6.45, 7) is 2.54. The van der Waals surface area contributed by atoms with Gasteiger partial charge in [0.1, 0.15) is 6.61 Å². The zero-order valence-corrected chi connectivity index (χ0v) is 21.5. The zero-order chi connectivity index (χ0) is 26.1. The number of likely N-dealkylation sites (tertiary alicyclic amines) is 1. The molecule has 1 aromatic heterocycles. The van der Waals surface area contributed by atoms with Gasteiger partial charge in [-0.3, -0.25) is 24.3 Å². The van der Waals surface area contributed by atoms with E-state index in [1.807, 2.05) is 42.6 Å². The summed E-state index contributed by atoms with van der Waals surface area (Å²) in [6.07, 6.45) is 3.24. The molecule has 0 aliphatic carbocycles. The van der Waals surface area contributed by atoms with Gasteiger partial charge >= 0.3 is 5.97 Å². The van der Waals surface area contributed by atoms with Crippen molar-refractivity contribution in [1.29, 1.82) is 0 Å². The molecule has 7 heteroatoms. The van der Waals surface area contributed by atoms with Crippen LogP contribution in [0, 0.1) is 5.92 Å². The van der Waals surface area contributed by atoms with Crippen LogP contribution in [0.25, 0.3) is 21.7 Å². The standard InChI is InChI=1S/C31H31N3O4/c1-37-30(36)27-19-29(35)34(38-21-22-10-11-23-6-2-3-7-24(23)18-22)31(27)13-16-33(17-14-31)20-25-12-15-32-28-9-5-4-8-26(25)28/h2-12,15,18,27H,13-14,16-17,19-21H2,1H3. The third-order valence-electron chi connectivity index (χ3n) is 8.17. The van der Waals surface area contributed by atoms with E-state index in [4.69, 9.17) is 9.57 Å². The van der Waals surface area contributed by atoms with E-state index in [-0.39, 0.29) is 24.9 Å². The molecule has 1 unspecified atom stereocenters. The van der Waals surface area contributed by atoms with Gasteiger partial charge in [0.05, 0.1) is 24.1 Å². The van der Waals surface area contributed by atoms with E-state index in [0.29, 0.717) is 12.8 Å². The summed E-state index contributed by atoms with van der Waals surface area (Å²) in [5.74, 6) is -1.04. The highest BCUT2D eigenvalue weighted by molar-refractivity contribution is 5.88. The zero-order valence-electron chi connectivity index (χ0n) is 21.5. The molecular weight excluding hydrogens is 478 g/mol. The molecule has 2 fully saturated rings. The lowest BCUT2D eigenvalue weighted by atomic mass is 9.77. The topological polar surface area (TPSA) is 72.0 Å². The molecular formula is C31H31N3O4. The number of aromatic nitrogens is 1. The number of hydrogen-bond acceptors (Lipinski definition) is 6. The van der Waals surface area contributed by atoms with Gasteiger partial charge in [0.15, 0.2) is 0 Å². The number of hydrogen-bond donors (Lipinski definition) is 0. The number of esters is 1. The number of ether oxygens (including phenoxy) is 1. The molecule has 1 atom stereocenters. The van der Waals surface area contributed by atoms with Gasteiger partial charge < -0.3 is 4.74 Å². The van der Waals surface area contributed by atoms with Crippen molar-refractivity contribution in [3.05, 3.63) is 90.1 Å². The number of rotatable bonds is 6. The molecule has 6 rings (SSSR count). The summed E-state index contributed by atoms with van der Waals surface area (Å²) < 4.78 is 5.15. The number of piperidine rings is 1. The van der Waals surface area contributed by atoms with Crippen LogP contribution in [0.15, 0.2) is 79.0 Å². The van der Waals surface area contributed by atoms with E-state index in [1.54, 1.807) is 0 Å². The van der Waals surface area contributed by atoms with Crippen LogP contribution in [0.4, 0.5) is 0 Å². The van der Waals surface area contributed by atoms with Crippen molar-refractivity contribution in [1.82, 2.24) is 14.9 Å². The Labute approximate surface area is 221 Å². The molecule has 2 aliphatic heterocycles. The predicted octanol–water partition coefficient (Wildman–Crippen LogP) is 4.88. The maximum atomic E-state index is 13.2. The molecule has 3 aromatic carbocycles. The van der Waals surface area contributed by atoms with Crippen LogP contribution in [-0.4, -0.2) is 52.6 Å². The molecule has 0 saturated carbocycles. The molecule has 194 valence electrons. The third kappa shape index (κ3) is 4.42. The molecule has 0 bridgehead atoms. The van der Waals surface area contributed by atoms with E-state index in [0.717, 1.165) is 46.9 Å². The van der Waals surface area contributed by atoms with Crippen molar-refractivity contribution in [2.75, 3.05) is 20.2 Å². The molecule has 3 heterocycles. The van der Waals surface area contributed by atoms with Gasteiger partial charge in [-0.1, -0.05) is 54.6 Å². The van der Waals surface area contributed by atoms with Crippen molar-refractivity contribution in [3.8, 4) is 0 Å². The molecule has 1 spiro atoms. The molecule has 38 heavy (non-hydrogen) atoms. The molecule has 2 aliphatic rings. The molecule has 0 N–H and O–H groups in total. The van der Waals surface area contributed by atoms with Gasteiger partial charge in [-0.05, 0) is 52.9 Å². The minimum atomic E-state index is -0.710. The summed E-state index contributed by atoms with van der Waals surface area (Å²) in [6, 6.07) is 24.6. The number of methoxy groups -OCH3 is 1. The fraction of sp³-hybridized carbons (Fsp3) is 0.323. The highest BCUT2D eigenvalue weighted by Crippen LogP contribution is 2.45. The first-order valence-corrected chi connectivity index (χ1v) is 13.1. The summed E-state index contributed by atoms with van der Waals surface area (Å²) in [4.78, 5) is 39.1. The Bertz CT molecular complexity index is 1490. The summed E-state index contributed by atoms with van der Waals surface area (Å²) in [7, 11) is 1.39. The Morgan fingerprint density at radius 1 is 1.00 bits per heavy atom. The van der Waals surface area contributed by atoms with E-state index in [9.17, 15) is 9.59 Å². The maximum Gasteiger partial charge on any atom is 0.311 e. The van der Waals surface area contributed by atoms with Crippen LogP contribution < -0.4 is 0 Å². The van der Waals surface area contributed by atoms with Gasteiger partial charge in [-0.15, -0.1) is 0 Å². The Balaban J connectivity index is 1.21. The van der Waals surface area contributed by atoms with Crippen molar-refractivity contribution in [2.24, 2.45) is 5.92 Å². The second kappa shape index (κ2) is 10.2. The molecule has 0 radical (unpaired) electrons. The van der Waals surface area contributed by atoms with Crippen molar-refractivity contribution in [2.45, 2.75) is 38.0 Å². The van der Waals surface area contributed by atoms with Gasteiger partial charge in [0.2, 0.25) is 5.91 Å². The first-order valence-electron chi connectivity index (χ1n) is 13.1. The van der Waals surface area contributed by atoms with Crippen molar-refractivity contribution in [3.63, 3.8) is 0 Å². The average Bonchev–Trinajstić information content (AvgIpc) is 3.23. The Morgan fingerprint density at radius 3 is 2.58 bits per heavy atom. The van der Waals surface area contributed by atoms with Crippen LogP contribution in [0.5, 0.6) is 0 Å². The lowest BCUT2D eigenvalue weighted by Gasteiger charge is -2.45. The number of carbonyl (C=O) groups excluding carboxylic acids is 2. The number of carbonyl (C=O) groups is 2. The van der Waals surface area contributed by atoms with Crippen LogP contribution in [0.3, 0.4) is 0 Å². The minimum absolute atomic E-state index is 0.111. The normalized spacial score (nSPS) is 19.4. The fourth-order valence-electron chi connectivity index (χ4n) is 6.13. The average molecular weight is 510 g/mol. The van der Waals surface area contributed by atoms with Gasteiger partial charge in [0, 0.05) is 37.6 Å². The van der Waals surface area contributed by atoms with Gasteiger partial charge in [-0.2, -0.15) is 0 Å². The quantitative estimate of drug-likeness (QED) is 0.345. The first-order chi connectivity index (χ1) is 18.6. The van der Waals surface area contributed by atoms with Crippen LogP contribution in [0.1, 0.15) is 30.4 Å². The number of benzene rings is 3. The Kier molecular flexibility index (Phi) is 6.55. The Morgan fingerprint density at radius 2 is 1.76 bits per heavy atom. The van der Waals surface area contributed by atoms with Gasteiger partial charge in [0.25, 0.3) is 0 Å². The number of amides is 1. The maximum absolute atomic E-state index is 13.2. The van der Waals surface area contributed by atoms with Crippen LogP contribution >= 0.6 is 0 Å². The molecule has 1 amide bonds. The third-order valence-corrected chi connectivity index (χ3v) is 8.17. The summed E-state index contributed by atoms with van der Waals surface area (Å²) in [5, 5.41) is 4.95. The Hall–Kier alpha value is -3.81. The van der Waals surface area contributed by atoms with E-state index < -0.39 is 11.5 Å². The number of nitrogens with zero attached hydrogens (tertiary/aromatic N) is 3. The number of fused-ring (bicyclic) bond motifs is 2. The molecule has 4 aromatic rings. The lowest BCUT2D eigenvalue weighted by Crippen LogP contribution is -2.57. The largest absolute Gasteiger partial charge is 0.469 e. The van der Waals surface area contributed by atoms with Crippen LogP contribution in [0.2, 0.25) is 0 Å². The highest BCUT2D eigenvalue weighted by atomic mass is 16.7. The second-order valence-electron chi connectivity index (χ2n) is 10.3. The minimum Gasteiger partial charge on any atom is -0.469 e. The first kappa shape index (κ1) is 24.5. The SMILES string of the molecule is COC(=O)C1CC(=O)N(OCc2ccc3ccccc3c2)C12CCN(Cc1ccnc3ccccc13)CC2. The predicted molar refractivity (Wildman–Crippen MR) is 145 cm³/mol. The van der Waals surface area contributed by atoms with E-state index in [1.165, 1.54) is 17.7 Å². The number of pyridine rings is 1. The number of para-hydroxylation sites is 1. The van der Waals surface area contributed by atoms with E-state index >= 15 is 0 Å². The van der Waals surface area contributed by atoms with Crippen LogP contribution in [-0.2, 0) is 32.3 Å². The molecule has 7 nitrogen and oxygen atoms in total. The van der Waals surface area contributed by atoms with Gasteiger partial charge in [-0.25, -0.2) is 5.06 Å². The highest BCUT2D eigenvalue weighted by Gasteiger charge is 2.58. The fourth-order valence-corrected chi connectivity index (χ4v) is 6.13. The second-order valence-corrected chi connectivity index (χ2v) is 10.3. The smallest absolute Gasteiger partial charge is 0.311 e. The summed E-state index contributed by atoms with van der Waals surface area (Å²) >= 11 is 0. The van der Waals surface area contributed by atoms with E-state index in [2.05, 4.69) is 46.3 Å².